The molecule has 1 amide bonds. The van der Waals surface area contributed by atoms with Crippen molar-refractivity contribution < 1.29 is 14.7 Å². The number of carboxylic acid groups (broad SMARTS) is 1. The second kappa shape index (κ2) is 5.80. The number of carboxylic acids is 1. The largest absolute Gasteiger partial charge is 0.480 e. The zero-order valence-corrected chi connectivity index (χ0v) is 11.7. The molecule has 2 saturated heterocycles. The molecule has 2 aliphatic rings. The first kappa shape index (κ1) is 14.0. The van der Waals surface area contributed by atoms with Gasteiger partial charge >= 0.3 is 5.97 Å². The lowest BCUT2D eigenvalue weighted by molar-refractivity contribution is -0.141. The van der Waals surface area contributed by atoms with Gasteiger partial charge in [0.25, 0.3) is 5.91 Å². The summed E-state index contributed by atoms with van der Waals surface area (Å²) in [5, 5.41) is 20.4. The van der Waals surface area contributed by atoms with E-state index < -0.39 is 12.0 Å². The van der Waals surface area contributed by atoms with Crippen LogP contribution in [0.2, 0.25) is 0 Å². The fourth-order valence-electron chi connectivity index (χ4n) is 3.04. The Labute approximate surface area is 122 Å². The van der Waals surface area contributed by atoms with Crippen molar-refractivity contribution in [3.05, 3.63) is 11.9 Å². The van der Waals surface area contributed by atoms with Crippen molar-refractivity contribution in [2.45, 2.75) is 37.8 Å². The monoisotopic (exact) mass is 293 g/mol. The van der Waals surface area contributed by atoms with Crippen LogP contribution in [-0.4, -0.2) is 62.6 Å². The summed E-state index contributed by atoms with van der Waals surface area (Å²) >= 11 is 0. The molecule has 0 unspecified atom stereocenters. The molecule has 8 nitrogen and oxygen atoms in total. The quantitative estimate of drug-likeness (QED) is 0.806. The van der Waals surface area contributed by atoms with E-state index in [1.807, 2.05) is 0 Å². The molecule has 2 fully saturated rings. The zero-order valence-electron chi connectivity index (χ0n) is 11.7. The van der Waals surface area contributed by atoms with Crippen LogP contribution in [0.15, 0.2) is 6.20 Å². The van der Waals surface area contributed by atoms with Crippen molar-refractivity contribution in [1.82, 2.24) is 25.2 Å². The summed E-state index contributed by atoms with van der Waals surface area (Å²) in [6.07, 6.45) is 4.78. The average Bonchev–Trinajstić information content (AvgIpc) is 3.17. The van der Waals surface area contributed by atoms with Gasteiger partial charge in [-0.3, -0.25) is 4.79 Å². The van der Waals surface area contributed by atoms with Crippen molar-refractivity contribution in [3.63, 3.8) is 0 Å². The van der Waals surface area contributed by atoms with Gasteiger partial charge in [-0.25, -0.2) is 9.48 Å². The van der Waals surface area contributed by atoms with Gasteiger partial charge in [-0.1, -0.05) is 5.21 Å². The smallest absolute Gasteiger partial charge is 0.326 e. The predicted octanol–water partition coefficient (Wildman–Crippen LogP) is -0.108. The number of nitrogens with zero attached hydrogens (tertiary/aromatic N) is 4. The van der Waals surface area contributed by atoms with Crippen LogP contribution < -0.4 is 5.32 Å². The number of nitrogens with one attached hydrogen (secondary N) is 1. The minimum absolute atomic E-state index is 0.238. The van der Waals surface area contributed by atoms with Crippen LogP contribution in [0, 0.1) is 0 Å². The third-order valence-corrected chi connectivity index (χ3v) is 4.21. The van der Waals surface area contributed by atoms with E-state index in [-0.39, 0.29) is 17.6 Å². The van der Waals surface area contributed by atoms with Gasteiger partial charge in [-0.15, -0.1) is 5.10 Å². The predicted molar refractivity (Wildman–Crippen MR) is 72.9 cm³/mol. The fourth-order valence-corrected chi connectivity index (χ4v) is 3.04. The summed E-state index contributed by atoms with van der Waals surface area (Å²) < 4.78 is 1.74. The maximum Gasteiger partial charge on any atom is 0.326 e. The first-order chi connectivity index (χ1) is 10.2. The maximum atomic E-state index is 12.4. The Bertz CT molecular complexity index is 538. The number of amides is 1. The van der Waals surface area contributed by atoms with Crippen LogP contribution in [0.5, 0.6) is 0 Å². The third-order valence-electron chi connectivity index (χ3n) is 4.21. The van der Waals surface area contributed by atoms with Crippen molar-refractivity contribution in [1.29, 1.82) is 0 Å². The second-order valence-corrected chi connectivity index (χ2v) is 5.56. The Morgan fingerprint density at radius 3 is 2.76 bits per heavy atom. The van der Waals surface area contributed by atoms with Gasteiger partial charge in [0, 0.05) is 6.54 Å². The average molecular weight is 293 g/mol. The van der Waals surface area contributed by atoms with E-state index in [0.717, 1.165) is 25.9 Å². The number of aliphatic carboxylic acids is 1. The summed E-state index contributed by atoms with van der Waals surface area (Å²) in [6.45, 7) is 2.33. The van der Waals surface area contributed by atoms with E-state index in [0.29, 0.717) is 19.4 Å². The highest BCUT2D eigenvalue weighted by Crippen LogP contribution is 2.21. The van der Waals surface area contributed by atoms with Gasteiger partial charge in [0.2, 0.25) is 0 Å². The minimum atomic E-state index is -0.952. The number of likely N-dealkylation sites (tertiary alicyclic amines) is 1. The molecular formula is C13H19N5O3. The summed E-state index contributed by atoms with van der Waals surface area (Å²) in [4.78, 5) is 24.9. The SMILES string of the molecule is O=C(O)[C@H]1CCCN1C(=O)c1cn(C2CCNCC2)nn1. The highest BCUT2D eigenvalue weighted by Gasteiger charge is 2.35. The molecule has 0 radical (unpaired) electrons. The topological polar surface area (TPSA) is 100 Å². The molecule has 21 heavy (non-hydrogen) atoms. The molecule has 114 valence electrons. The molecule has 2 aliphatic heterocycles. The molecule has 3 rings (SSSR count). The van der Waals surface area contributed by atoms with E-state index in [2.05, 4.69) is 15.6 Å². The van der Waals surface area contributed by atoms with Gasteiger partial charge in [0.15, 0.2) is 5.69 Å². The number of piperidine rings is 1. The van der Waals surface area contributed by atoms with E-state index in [1.54, 1.807) is 10.9 Å². The lowest BCUT2D eigenvalue weighted by atomic mass is 10.1. The number of aromatic nitrogens is 3. The molecule has 0 spiro atoms. The summed E-state index contributed by atoms with van der Waals surface area (Å²) in [5.41, 5.74) is 0.238. The van der Waals surface area contributed by atoms with Crippen molar-refractivity contribution >= 4 is 11.9 Å². The van der Waals surface area contributed by atoms with Crippen LogP contribution in [0.1, 0.15) is 42.2 Å². The number of hydrogen-bond donors (Lipinski definition) is 2. The van der Waals surface area contributed by atoms with E-state index in [9.17, 15) is 9.59 Å². The van der Waals surface area contributed by atoms with Crippen LogP contribution in [0.25, 0.3) is 0 Å². The summed E-state index contributed by atoms with van der Waals surface area (Å²) in [5.74, 6) is -1.29. The van der Waals surface area contributed by atoms with Crippen molar-refractivity contribution in [2.75, 3.05) is 19.6 Å². The second-order valence-electron chi connectivity index (χ2n) is 5.56. The zero-order chi connectivity index (χ0) is 14.8. The standard InChI is InChI=1S/C13H19N5O3/c19-12(17-7-1-2-11(17)13(20)21)10-8-18(16-15-10)9-3-5-14-6-4-9/h8-9,11,14H,1-7H2,(H,20,21)/t11-/m1/s1. The first-order valence-electron chi connectivity index (χ1n) is 7.33. The van der Waals surface area contributed by atoms with Crippen molar-refractivity contribution in [2.24, 2.45) is 0 Å². The molecule has 1 aromatic rings. The van der Waals surface area contributed by atoms with Crippen LogP contribution >= 0.6 is 0 Å². The lowest BCUT2D eigenvalue weighted by Gasteiger charge is -2.22. The highest BCUT2D eigenvalue weighted by atomic mass is 16.4. The molecule has 3 heterocycles. The van der Waals surface area contributed by atoms with Gasteiger partial charge in [-0.2, -0.15) is 0 Å². The molecule has 0 aromatic carbocycles. The number of rotatable bonds is 3. The summed E-state index contributed by atoms with van der Waals surface area (Å²) in [7, 11) is 0. The normalized spacial score (nSPS) is 23.4. The Balaban J connectivity index is 1.73. The van der Waals surface area contributed by atoms with Crippen LogP contribution in [-0.2, 0) is 4.79 Å². The fraction of sp³-hybridized carbons (Fsp3) is 0.692. The van der Waals surface area contributed by atoms with Crippen LogP contribution in [0.3, 0.4) is 0 Å². The molecule has 1 atom stereocenters. The Kier molecular flexibility index (Phi) is 3.87. The number of carbonyl (C=O) groups is 2. The van der Waals surface area contributed by atoms with E-state index >= 15 is 0 Å². The minimum Gasteiger partial charge on any atom is -0.480 e. The Morgan fingerprint density at radius 1 is 1.29 bits per heavy atom. The molecule has 8 heteroatoms. The first-order valence-corrected chi connectivity index (χ1v) is 7.33. The third kappa shape index (κ3) is 2.76. The Morgan fingerprint density at radius 2 is 2.05 bits per heavy atom. The number of carbonyl (C=O) groups excluding carboxylic acids is 1. The molecule has 0 aliphatic carbocycles. The van der Waals surface area contributed by atoms with E-state index in [4.69, 9.17) is 5.11 Å². The van der Waals surface area contributed by atoms with Crippen molar-refractivity contribution in [3.8, 4) is 0 Å². The van der Waals surface area contributed by atoms with E-state index in [1.165, 1.54) is 4.90 Å². The van der Waals surface area contributed by atoms with Gasteiger partial charge in [-0.05, 0) is 38.8 Å². The lowest BCUT2D eigenvalue weighted by Crippen LogP contribution is -2.40. The molecular weight excluding hydrogens is 274 g/mol. The molecule has 0 saturated carbocycles. The van der Waals surface area contributed by atoms with Gasteiger partial charge in [0.1, 0.15) is 6.04 Å². The van der Waals surface area contributed by atoms with Gasteiger partial charge in [0.05, 0.1) is 12.2 Å². The number of hydrogen-bond acceptors (Lipinski definition) is 5. The maximum absolute atomic E-state index is 12.4. The van der Waals surface area contributed by atoms with Gasteiger partial charge < -0.3 is 15.3 Å². The molecule has 2 N–H and O–H groups in total. The Hall–Kier alpha value is -1.96. The highest BCUT2D eigenvalue weighted by molar-refractivity contribution is 5.95. The molecule has 0 bridgehead atoms. The molecule has 1 aromatic heterocycles. The summed E-state index contributed by atoms with van der Waals surface area (Å²) in [6, 6.07) is -0.476. The van der Waals surface area contributed by atoms with Crippen LogP contribution in [0.4, 0.5) is 0 Å².